The molecule has 1 aliphatic heterocycles. The number of H-pyrrole nitrogens is 1. The van der Waals surface area contributed by atoms with Gasteiger partial charge < -0.3 is 24.8 Å². The Hall–Kier alpha value is -3.13. The molecule has 2 aromatic rings. The predicted octanol–water partition coefficient (Wildman–Crippen LogP) is 2.43. The minimum atomic E-state index is -0.138. The molecular weight excluding hydrogens is 406 g/mol. The van der Waals surface area contributed by atoms with E-state index < -0.39 is 0 Å². The van der Waals surface area contributed by atoms with Crippen molar-refractivity contribution in [1.82, 2.24) is 20.2 Å². The van der Waals surface area contributed by atoms with E-state index in [9.17, 15) is 9.59 Å². The summed E-state index contributed by atoms with van der Waals surface area (Å²) in [5, 5.41) is 3.27. The number of carbonyl (C=O) groups is 1. The van der Waals surface area contributed by atoms with E-state index in [1.165, 1.54) is 0 Å². The number of likely N-dealkylation sites (tertiary alicyclic amines) is 1. The first-order valence-electron chi connectivity index (χ1n) is 11.1. The van der Waals surface area contributed by atoms with Crippen molar-refractivity contribution in [2.75, 3.05) is 38.2 Å². The second-order valence-corrected chi connectivity index (χ2v) is 8.17. The Morgan fingerprint density at radius 3 is 2.94 bits per heavy atom. The topological polar surface area (TPSA) is 90.6 Å². The van der Waals surface area contributed by atoms with Crippen molar-refractivity contribution >= 4 is 11.6 Å². The van der Waals surface area contributed by atoms with Crippen LogP contribution in [0.3, 0.4) is 0 Å². The minimum Gasteiger partial charge on any atom is -0.481 e. The maximum absolute atomic E-state index is 12.7. The van der Waals surface area contributed by atoms with Crippen LogP contribution < -0.4 is 20.5 Å². The number of nitrogens with one attached hydrogen (secondary N) is 2. The lowest BCUT2D eigenvalue weighted by molar-refractivity contribution is -0.125. The molecule has 32 heavy (non-hydrogen) atoms. The Balaban J connectivity index is 1.74. The molecule has 0 aromatic carbocycles. The van der Waals surface area contributed by atoms with Gasteiger partial charge in [-0.1, -0.05) is 19.9 Å². The van der Waals surface area contributed by atoms with Crippen LogP contribution in [0.4, 0.5) is 5.69 Å². The molecule has 1 aliphatic rings. The van der Waals surface area contributed by atoms with Crippen LogP contribution in [-0.4, -0.2) is 66.1 Å². The average Bonchev–Trinajstić information content (AvgIpc) is 3.28. The Bertz CT molecular complexity index is 1000. The van der Waals surface area contributed by atoms with Crippen molar-refractivity contribution in [2.24, 2.45) is 0 Å². The molecule has 1 amide bonds. The molecule has 2 aromatic heterocycles. The standard InChI is InChI=1S/C24H33N5O3/c1-5-29(20-9-12-28(16-20)23(30)7-6-10-25-17(2)3)21-13-19(15-27-24(21)31)18-8-11-26-22(14-18)32-4/h6-8,11,13-15,17,20,25H,5,9-10,12,16H2,1-4H3,(H,27,31)/b7-6+/t20-/m1/s1. The van der Waals surface area contributed by atoms with Gasteiger partial charge >= 0.3 is 0 Å². The third-order valence-corrected chi connectivity index (χ3v) is 5.63. The van der Waals surface area contributed by atoms with Crippen molar-refractivity contribution in [2.45, 2.75) is 39.3 Å². The summed E-state index contributed by atoms with van der Waals surface area (Å²) in [5.74, 6) is 0.532. The van der Waals surface area contributed by atoms with E-state index in [2.05, 4.69) is 34.0 Å². The summed E-state index contributed by atoms with van der Waals surface area (Å²) in [6.45, 7) is 8.80. The third-order valence-electron chi connectivity index (χ3n) is 5.63. The normalized spacial score (nSPS) is 16.2. The van der Waals surface area contributed by atoms with E-state index in [4.69, 9.17) is 4.74 Å². The van der Waals surface area contributed by atoms with Crippen molar-refractivity contribution in [1.29, 1.82) is 0 Å². The van der Waals surface area contributed by atoms with Crippen LogP contribution in [0.5, 0.6) is 5.88 Å². The molecule has 1 saturated heterocycles. The quantitative estimate of drug-likeness (QED) is 0.583. The van der Waals surface area contributed by atoms with Crippen LogP contribution in [-0.2, 0) is 4.79 Å². The number of anilines is 1. The highest BCUT2D eigenvalue weighted by Gasteiger charge is 2.30. The largest absolute Gasteiger partial charge is 0.481 e. The molecule has 3 rings (SSSR count). The molecule has 1 atom stereocenters. The smallest absolute Gasteiger partial charge is 0.271 e. The van der Waals surface area contributed by atoms with Gasteiger partial charge in [-0.3, -0.25) is 9.59 Å². The SMILES string of the molecule is CCN(c1cc(-c2ccnc(OC)c2)c[nH]c1=O)[C@@H]1CCN(C(=O)/C=C/CNC(C)C)C1. The van der Waals surface area contributed by atoms with Crippen molar-refractivity contribution < 1.29 is 9.53 Å². The zero-order valence-corrected chi connectivity index (χ0v) is 19.3. The number of pyridine rings is 2. The zero-order valence-electron chi connectivity index (χ0n) is 19.3. The Kier molecular flexibility index (Phi) is 8.05. The fourth-order valence-corrected chi connectivity index (χ4v) is 3.94. The number of hydrogen-bond acceptors (Lipinski definition) is 6. The van der Waals surface area contributed by atoms with Gasteiger partial charge in [0.2, 0.25) is 11.8 Å². The number of amides is 1. The van der Waals surface area contributed by atoms with Crippen molar-refractivity contribution in [3.05, 3.63) is 53.1 Å². The summed E-state index contributed by atoms with van der Waals surface area (Å²) < 4.78 is 5.22. The van der Waals surface area contributed by atoms with Gasteiger partial charge in [0.25, 0.3) is 5.56 Å². The van der Waals surface area contributed by atoms with E-state index in [0.29, 0.717) is 43.8 Å². The maximum atomic E-state index is 12.7. The molecule has 8 heteroatoms. The predicted molar refractivity (Wildman–Crippen MR) is 127 cm³/mol. The van der Waals surface area contributed by atoms with Gasteiger partial charge in [-0.05, 0) is 31.0 Å². The number of likely N-dealkylation sites (N-methyl/N-ethyl adjacent to an activating group) is 1. The van der Waals surface area contributed by atoms with Crippen molar-refractivity contribution in [3.63, 3.8) is 0 Å². The van der Waals surface area contributed by atoms with E-state index in [0.717, 1.165) is 17.5 Å². The fraction of sp³-hybridized carbons (Fsp3) is 0.458. The third kappa shape index (κ3) is 5.76. The summed E-state index contributed by atoms with van der Waals surface area (Å²) in [6, 6.07) is 6.09. The summed E-state index contributed by atoms with van der Waals surface area (Å²) in [5.41, 5.74) is 2.26. The molecule has 0 spiro atoms. The molecule has 0 saturated carbocycles. The van der Waals surface area contributed by atoms with E-state index in [1.807, 2.05) is 36.1 Å². The van der Waals surface area contributed by atoms with Crippen LogP contribution in [0.2, 0.25) is 0 Å². The Morgan fingerprint density at radius 2 is 2.22 bits per heavy atom. The van der Waals surface area contributed by atoms with Crippen molar-refractivity contribution in [3.8, 4) is 17.0 Å². The number of aromatic nitrogens is 2. The van der Waals surface area contributed by atoms with Gasteiger partial charge in [-0.2, -0.15) is 0 Å². The second kappa shape index (κ2) is 10.9. The molecule has 172 valence electrons. The average molecular weight is 440 g/mol. The number of nitrogens with zero attached hydrogens (tertiary/aromatic N) is 3. The molecule has 0 bridgehead atoms. The number of ether oxygens (including phenoxy) is 1. The first-order valence-corrected chi connectivity index (χ1v) is 11.1. The fourth-order valence-electron chi connectivity index (χ4n) is 3.94. The lowest BCUT2D eigenvalue weighted by Crippen LogP contribution is -2.41. The summed E-state index contributed by atoms with van der Waals surface area (Å²) in [4.78, 5) is 36.2. The first-order chi connectivity index (χ1) is 15.4. The highest BCUT2D eigenvalue weighted by Crippen LogP contribution is 2.26. The Morgan fingerprint density at radius 1 is 1.41 bits per heavy atom. The molecular formula is C24H33N5O3. The molecule has 3 heterocycles. The van der Waals surface area contributed by atoms with Crippen LogP contribution in [0.1, 0.15) is 27.2 Å². The molecule has 0 radical (unpaired) electrons. The highest BCUT2D eigenvalue weighted by atomic mass is 16.5. The molecule has 1 fully saturated rings. The van der Waals surface area contributed by atoms with Crippen LogP contribution in [0, 0.1) is 0 Å². The van der Waals surface area contributed by atoms with Crippen LogP contribution >= 0.6 is 0 Å². The molecule has 0 unspecified atom stereocenters. The number of aromatic amines is 1. The molecule has 8 nitrogen and oxygen atoms in total. The number of carbonyl (C=O) groups excluding carboxylic acids is 1. The lowest BCUT2D eigenvalue weighted by Gasteiger charge is -2.29. The van der Waals surface area contributed by atoms with E-state index in [1.54, 1.807) is 25.6 Å². The molecule has 0 aliphatic carbocycles. The number of hydrogen-bond donors (Lipinski definition) is 2. The first kappa shape index (κ1) is 23.5. The number of rotatable bonds is 9. The van der Waals surface area contributed by atoms with Gasteiger partial charge in [-0.15, -0.1) is 0 Å². The number of methoxy groups -OCH3 is 1. The van der Waals surface area contributed by atoms with Gasteiger partial charge in [0.1, 0.15) is 5.69 Å². The minimum absolute atomic E-state index is 0.0145. The zero-order chi connectivity index (χ0) is 23.1. The lowest BCUT2D eigenvalue weighted by atomic mass is 10.1. The Labute approximate surface area is 189 Å². The van der Waals surface area contributed by atoms with Crippen LogP contribution in [0.25, 0.3) is 11.1 Å². The summed E-state index contributed by atoms with van der Waals surface area (Å²) in [6.07, 6.45) is 7.71. The van der Waals surface area contributed by atoms with E-state index >= 15 is 0 Å². The van der Waals surface area contributed by atoms with Gasteiger partial charge in [-0.25, -0.2) is 4.98 Å². The summed E-state index contributed by atoms with van der Waals surface area (Å²) >= 11 is 0. The monoisotopic (exact) mass is 439 g/mol. The molecule has 2 N–H and O–H groups in total. The highest BCUT2D eigenvalue weighted by molar-refractivity contribution is 5.88. The van der Waals surface area contributed by atoms with Gasteiger partial charge in [0, 0.05) is 68.4 Å². The second-order valence-electron chi connectivity index (χ2n) is 8.17. The summed E-state index contributed by atoms with van der Waals surface area (Å²) in [7, 11) is 1.58. The van der Waals surface area contributed by atoms with Gasteiger partial charge in [0.15, 0.2) is 0 Å². The van der Waals surface area contributed by atoms with E-state index in [-0.39, 0.29) is 17.5 Å². The van der Waals surface area contributed by atoms with Crippen LogP contribution in [0.15, 0.2) is 47.5 Å². The maximum Gasteiger partial charge on any atom is 0.271 e. The van der Waals surface area contributed by atoms with Gasteiger partial charge in [0.05, 0.1) is 7.11 Å².